The number of aromatic amines is 1. The lowest BCUT2D eigenvalue weighted by molar-refractivity contribution is 0.611. The Hall–Kier alpha value is -2.50. The Bertz CT molecular complexity index is 806. The van der Waals surface area contributed by atoms with E-state index in [1.54, 1.807) is 18.2 Å². The Morgan fingerprint density at radius 3 is 2.89 bits per heavy atom. The summed E-state index contributed by atoms with van der Waals surface area (Å²) in [5, 5.41) is 0. The molecule has 19 heavy (non-hydrogen) atoms. The van der Waals surface area contributed by atoms with Crippen molar-refractivity contribution in [1.82, 2.24) is 19.5 Å². The maximum Gasteiger partial charge on any atom is 0.286 e. The molecule has 0 bridgehead atoms. The van der Waals surface area contributed by atoms with E-state index in [9.17, 15) is 9.18 Å². The van der Waals surface area contributed by atoms with Gasteiger partial charge in [0.1, 0.15) is 11.6 Å². The van der Waals surface area contributed by atoms with Gasteiger partial charge in [-0.15, -0.1) is 0 Å². The first-order chi connectivity index (χ1) is 9.22. The van der Waals surface area contributed by atoms with Gasteiger partial charge in [0.2, 0.25) is 0 Å². The van der Waals surface area contributed by atoms with Crippen molar-refractivity contribution in [1.29, 1.82) is 0 Å². The minimum atomic E-state index is -0.462. The second-order valence-electron chi connectivity index (χ2n) is 4.07. The molecule has 0 unspecified atom stereocenters. The van der Waals surface area contributed by atoms with E-state index in [0.717, 1.165) is 0 Å². The van der Waals surface area contributed by atoms with E-state index in [4.69, 9.17) is 0 Å². The number of nitrogens with one attached hydrogen (secondary N) is 1. The number of fused-ring (bicyclic) bond motifs is 1. The van der Waals surface area contributed by atoms with Gasteiger partial charge in [-0.05, 0) is 12.1 Å². The van der Waals surface area contributed by atoms with Crippen molar-refractivity contribution in [3.05, 3.63) is 52.6 Å². The quantitative estimate of drug-likeness (QED) is 0.762. The molecular weight excluding hydrogens is 247 g/mol. The second kappa shape index (κ2) is 4.31. The minimum absolute atomic E-state index is 0.196. The molecule has 3 aromatic rings. The number of para-hydroxylation sites is 1. The molecule has 0 aliphatic heterocycles. The Kier molecular flexibility index (Phi) is 2.63. The molecule has 0 amide bonds. The minimum Gasteiger partial charge on any atom is -0.329 e. The Morgan fingerprint density at radius 2 is 2.16 bits per heavy atom. The van der Waals surface area contributed by atoms with Crippen LogP contribution in [0.1, 0.15) is 12.7 Å². The van der Waals surface area contributed by atoms with Crippen LogP contribution in [0.15, 0.2) is 35.4 Å². The molecule has 1 N–H and O–H groups in total. The van der Waals surface area contributed by atoms with E-state index in [1.807, 2.05) is 6.92 Å². The van der Waals surface area contributed by atoms with E-state index in [-0.39, 0.29) is 16.8 Å². The van der Waals surface area contributed by atoms with Gasteiger partial charge < -0.3 is 4.98 Å². The van der Waals surface area contributed by atoms with Gasteiger partial charge in [0.25, 0.3) is 5.56 Å². The molecule has 0 fully saturated rings. The van der Waals surface area contributed by atoms with Gasteiger partial charge in [0.05, 0.1) is 12.0 Å². The van der Waals surface area contributed by atoms with Crippen LogP contribution in [0.3, 0.4) is 0 Å². The number of nitrogens with zero attached hydrogens (tertiary/aromatic N) is 3. The summed E-state index contributed by atoms with van der Waals surface area (Å²) < 4.78 is 15.2. The predicted molar refractivity (Wildman–Crippen MR) is 68.8 cm³/mol. The van der Waals surface area contributed by atoms with Gasteiger partial charge in [-0.25, -0.2) is 14.4 Å². The van der Waals surface area contributed by atoms with E-state index in [0.29, 0.717) is 17.9 Å². The Balaban J connectivity index is 2.43. The highest BCUT2D eigenvalue weighted by Gasteiger charge is 2.15. The van der Waals surface area contributed by atoms with Crippen molar-refractivity contribution in [3.63, 3.8) is 0 Å². The normalized spacial score (nSPS) is 11.1. The van der Waals surface area contributed by atoms with Gasteiger partial charge in [-0.3, -0.25) is 9.36 Å². The van der Waals surface area contributed by atoms with Crippen molar-refractivity contribution in [2.45, 2.75) is 13.3 Å². The summed E-state index contributed by atoms with van der Waals surface area (Å²) in [5.41, 5.74) is 0.463. The maximum absolute atomic E-state index is 13.9. The highest BCUT2D eigenvalue weighted by molar-refractivity contribution is 5.69. The largest absolute Gasteiger partial charge is 0.329 e. The van der Waals surface area contributed by atoms with Gasteiger partial charge in [0.15, 0.2) is 11.2 Å². The monoisotopic (exact) mass is 258 g/mol. The SMILES string of the molecule is CCc1nc2[nH]cnc2c(=O)n1-c1ccccc1F. The van der Waals surface area contributed by atoms with Crippen LogP contribution >= 0.6 is 0 Å². The zero-order valence-electron chi connectivity index (χ0n) is 10.2. The predicted octanol–water partition coefficient (Wildman–Crippen LogP) is 1.81. The fraction of sp³-hybridized carbons (Fsp3) is 0.154. The fourth-order valence-corrected chi connectivity index (χ4v) is 2.05. The third-order valence-electron chi connectivity index (χ3n) is 2.93. The molecule has 0 spiro atoms. The van der Waals surface area contributed by atoms with E-state index in [2.05, 4.69) is 15.0 Å². The first-order valence-electron chi connectivity index (χ1n) is 5.92. The number of H-pyrrole nitrogens is 1. The molecule has 2 heterocycles. The lowest BCUT2D eigenvalue weighted by Gasteiger charge is -2.11. The fourth-order valence-electron chi connectivity index (χ4n) is 2.05. The third-order valence-corrected chi connectivity index (χ3v) is 2.93. The molecule has 0 saturated carbocycles. The summed E-state index contributed by atoms with van der Waals surface area (Å²) in [6.45, 7) is 1.86. The van der Waals surface area contributed by atoms with Crippen molar-refractivity contribution >= 4 is 11.2 Å². The number of rotatable bonds is 2. The third kappa shape index (κ3) is 1.72. The summed E-state index contributed by atoms with van der Waals surface area (Å²) in [6.07, 6.45) is 1.92. The second-order valence-corrected chi connectivity index (χ2v) is 4.07. The van der Waals surface area contributed by atoms with E-state index in [1.165, 1.54) is 17.0 Å². The molecule has 0 aliphatic carbocycles. The molecule has 2 aromatic heterocycles. The van der Waals surface area contributed by atoms with Crippen LogP contribution in [-0.4, -0.2) is 19.5 Å². The number of benzene rings is 1. The van der Waals surface area contributed by atoms with Crippen LogP contribution in [0, 0.1) is 5.82 Å². The van der Waals surface area contributed by atoms with Gasteiger partial charge in [-0.2, -0.15) is 0 Å². The standard InChI is InChI=1S/C13H11FN4O/c1-2-10-17-12-11(15-7-16-12)13(19)18(10)9-6-4-3-5-8(9)14/h3-7H,2H2,1H3,(H,15,16). The number of aromatic nitrogens is 4. The average Bonchev–Trinajstić information content (AvgIpc) is 2.88. The summed E-state index contributed by atoms with van der Waals surface area (Å²) >= 11 is 0. The number of aryl methyl sites for hydroxylation is 1. The van der Waals surface area contributed by atoms with Crippen LogP contribution < -0.4 is 5.56 Å². The van der Waals surface area contributed by atoms with Gasteiger partial charge >= 0.3 is 0 Å². The van der Waals surface area contributed by atoms with E-state index < -0.39 is 5.82 Å². The lowest BCUT2D eigenvalue weighted by atomic mass is 10.2. The summed E-state index contributed by atoms with van der Waals surface area (Å²) in [7, 11) is 0. The number of hydrogen-bond acceptors (Lipinski definition) is 3. The smallest absolute Gasteiger partial charge is 0.286 e. The van der Waals surface area contributed by atoms with Crippen molar-refractivity contribution in [2.24, 2.45) is 0 Å². The molecule has 0 atom stereocenters. The Labute approximate surface area is 107 Å². The average molecular weight is 258 g/mol. The van der Waals surface area contributed by atoms with Crippen LogP contribution in [0.5, 0.6) is 0 Å². The molecule has 0 saturated heterocycles. The molecule has 0 aliphatic rings. The van der Waals surface area contributed by atoms with Crippen LogP contribution in [0.25, 0.3) is 16.9 Å². The van der Waals surface area contributed by atoms with Gasteiger partial charge in [0, 0.05) is 6.42 Å². The highest BCUT2D eigenvalue weighted by atomic mass is 19.1. The van der Waals surface area contributed by atoms with Crippen molar-refractivity contribution in [2.75, 3.05) is 0 Å². The topological polar surface area (TPSA) is 63.6 Å². The molecule has 96 valence electrons. The zero-order valence-corrected chi connectivity index (χ0v) is 10.2. The molecular formula is C13H11FN4O. The summed E-state index contributed by atoms with van der Waals surface area (Å²) in [6, 6.07) is 6.13. The van der Waals surface area contributed by atoms with Crippen molar-refractivity contribution in [3.8, 4) is 5.69 Å². The number of hydrogen-bond donors (Lipinski definition) is 1. The van der Waals surface area contributed by atoms with E-state index >= 15 is 0 Å². The van der Waals surface area contributed by atoms with Crippen molar-refractivity contribution < 1.29 is 4.39 Å². The molecule has 3 rings (SSSR count). The highest BCUT2D eigenvalue weighted by Crippen LogP contribution is 2.14. The lowest BCUT2D eigenvalue weighted by Crippen LogP contribution is -2.24. The maximum atomic E-state index is 13.9. The number of imidazole rings is 1. The summed E-state index contributed by atoms with van der Waals surface area (Å²) in [4.78, 5) is 23.4. The molecule has 0 radical (unpaired) electrons. The van der Waals surface area contributed by atoms with Gasteiger partial charge in [-0.1, -0.05) is 19.1 Å². The van der Waals surface area contributed by atoms with Crippen LogP contribution in [-0.2, 0) is 6.42 Å². The molecule has 1 aromatic carbocycles. The first-order valence-corrected chi connectivity index (χ1v) is 5.92. The zero-order chi connectivity index (χ0) is 13.4. The molecule has 6 heteroatoms. The number of halogens is 1. The Morgan fingerprint density at radius 1 is 1.37 bits per heavy atom. The van der Waals surface area contributed by atoms with Crippen LogP contribution in [0.4, 0.5) is 4.39 Å². The summed E-state index contributed by atoms with van der Waals surface area (Å²) in [5.74, 6) is 0.0304. The molecule has 5 nitrogen and oxygen atoms in total. The van der Waals surface area contributed by atoms with Crippen LogP contribution in [0.2, 0.25) is 0 Å². The first kappa shape index (κ1) is 11.6.